The van der Waals surface area contributed by atoms with Gasteiger partial charge in [0.25, 0.3) is 5.69 Å². The van der Waals surface area contributed by atoms with Gasteiger partial charge in [0.1, 0.15) is 0 Å². The third-order valence-electron chi connectivity index (χ3n) is 2.66. The molecule has 17 heavy (non-hydrogen) atoms. The van der Waals surface area contributed by atoms with Gasteiger partial charge in [-0.2, -0.15) is 0 Å². The number of rotatable bonds is 5. The van der Waals surface area contributed by atoms with E-state index in [9.17, 15) is 18.9 Å². The lowest BCUT2D eigenvalue weighted by atomic mass is 10.2. The maximum absolute atomic E-state index is 11.0. The lowest BCUT2D eigenvalue weighted by molar-refractivity contribution is -0.385. The standard InChI is InChI=1S/C10H12N2O4S/c13-12(14)10-4-2-1-3-8(10)7-11(17(15)16)9-5-6-9/h1-4,9H,5-7H2,(H,15,16)/p-1. The van der Waals surface area contributed by atoms with E-state index in [1.165, 1.54) is 10.4 Å². The van der Waals surface area contributed by atoms with E-state index in [4.69, 9.17) is 0 Å². The SMILES string of the molecule is O=[N+]([O-])c1ccccc1CN(C1CC1)S(=O)[O-]. The average molecular weight is 255 g/mol. The normalized spacial score (nSPS) is 17.1. The van der Waals surface area contributed by atoms with E-state index in [0.29, 0.717) is 5.56 Å². The van der Waals surface area contributed by atoms with E-state index in [1.54, 1.807) is 18.2 Å². The molecule has 0 saturated heterocycles. The molecule has 1 atom stereocenters. The third-order valence-corrected chi connectivity index (χ3v) is 3.47. The zero-order chi connectivity index (χ0) is 12.4. The molecule has 0 amide bonds. The Hall–Kier alpha value is -1.31. The topological polar surface area (TPSA) is 86.5 Å². The van der Waals surface area contributed by atoms with E-state index in [1.807, 2.05) is 0 Å². The minimum atomic E-state index is -2.33. The van der Waals surface area contributed by atoms with Gasteiger partial charge in [-0.05, 0) is 12.8 Å². The van der Waals surface area contributed by atoms with Crippen molar-refractivity contribution in [3.63, 3.8) is 0 Å². The molecule has 1 fully saturated rings. The van der Waals surface area contributed by atoms with Crippen LogP contribution in [-0.4, -0.2) is 24.0 Å². The molecule has 0 N–H and O–H groups in total. The second kappa shape index (κ2) is 4.91. The number of hydrogen-bond donors (Lipinski definition) is 0. The number of nitro groups is 1. The number of nitrogens with zero attached hydrogens (tertiary/aromatic N) is 2. The summed E-state index contributed by atoms with van der Waals surface area (Å²) in [4.78, 5) is 10.3. The molecule has 0 aliphatic heterocycles. The summed E-state index contributed by atoms with van der Waals surface area (Å²) >= 11 is -2.33. The van der Waals surface area contributed by atoms with Crippen LogP contribution < -0.4 is 0 Å². The first-order valence-electron chi connectivity index (χ1n) is 5.18. The molecule has 2 rings (SSSR count). The molecule has 1 aromatic rings. The molecule has 1 saturated carbocycles. The van der Waals surface area contributed by atoms with Crippen LogP contribution in [0, 0.1) is 10.1 Å². The molecule has 1 aliphatic carbocycles. The van der Waals surface area contributed by atoms with Gasteiger partial charge in [0.05, 0.1) is 4.92 Å². The minimum Gasteiger partial charge on any atom is -0.760 e. The third kappa shape index (κ3) is 2.87. The summed E-state index contributed by atoms with van der Waals surface area (Å²) in [7, 11) is 0. The fourth-order valence-electron chi connectivity index (χ4n) is 1.66. The van der Waals surface area contributed by atoms with Crippen molar-refractivity contribution >= 4 is 17.0 Å². The predicted octanol–water partition coefficient (Wildman–Crippen LogP) is 1.35. The zero-order valence-electron chi connectivity index (χ0n) is 8.94. The largest absolute Gasteiger partial charge is 0.760 e. The smallest absolute Gasteiger partial charge is 0.273 e. The van der Waals surface area contributed by atoms with E-state index < -0.39 is 16.2 Å². The lowest BCUT2D eigenvalue weighted by Gasteiger charge is -2.23. The van der Waals surface area contributed by atoms with Gasteiger partial charge in [-0.3, -0.25) is 14.3 Å². The first kappa shape index (κ1) is 12.2. The monoisotopic (exact) mass is 255 g/mol. The summed E-state index contributed by atoms with van der Waals surface area (Å²) < 4.78 is 23.3. The van der Waals surface area contributed by atoms with Crippen LogP contribution >= 0.6 is 0 Å². The molecule has 7 heteroatoms. The molecular weight excluding hydrogens is 244 g/mol. The van der Waals surface area contributed by atoms with Crippen molar-refractivity contribution in [3.8, 4) is 0 Å². The van der Waals surface area contributed by atoms with Crippen molar-refractivity contribution in [1.82, 2.24) is 4.31 Å². The average Bonchev–Trinajstić information content (AvgIpc) is 3.09. The Morgan fingerprint density at radius 3 is 2.59 bits per heavy atom. The fourth-order valence-corrected chi connectivity index (χ4v) is 2.36. The quantitative estimate of drug-likeness (QED) is 0.451. The Bertz CT molecular complexity index is 461. The maximum Gasteiger partial charge on any atom is 0.273 e. The van der Waals surface area contributed by atoms with Crippen molar-refractivity contribution in [3.05, 3.63) is 39.9 Å². The Morgan fingerprint density at radius 1 is 1.41 bits per heavy atom. The van der Waals surface area contributed by atoms with Crippen LogP contribution in [0.2, 0.25) is 0 Å². The van der Waals surface area contributed by atoms with Crippen LogP contribution in [0.15, 0.2) is 24.3 Å². The molecule has 0 radical (unpaired) electrons. The number of benzene rings is 1. The lowest BCUT2D eigenvalue weighted by Crippen LogP contribution is -2.27. The van der Waals surface area contributed by atoms with Gasteiger partial charge < -0.3 is 4.55 Å². The predicted molar refractivity (Wildman–Crippen MR) is 60.6 cm³/mol. The second-order valence-corrected chi connectivity index (χ2v) is 4.81. The molecule has 0 aromatic heterocycles. The van der Waals surface area contributed by atoms with Gasteiger partial charge in [0.15, 0.2) is 0 Å². The Morgan fingerprint density at radius 2 is 2.06 bits per heavy atom. The summed E-state index contributed by atoms with van der Waals surface area (Å²) in [6.07, 6.45) is 1.66. The molecular formula is C10H11N2O4S-. The zero-order valence-corrected chi connectivity index (χ0v) is 9.76. The molecule has 0 heterocycles. The highest BCUT2D eigenvalue weighted by Crippen LogP contribution is 2.30. The van der Waals surface area contributed by atoms with Gasteiger partial charge in [0.2, 0.25) is 0 Å². The Balaban J connectivity index is 2.22. The molecule has 1 unspecified atom stereocenters. The second-order valence-electron chi connectivity index (χ2n) is 3.91. The highest BCUT2D eigenvalue weighted by atomic mass is 32.2. The van der Waals surface area contributed by atoms with Gasteiger partial charge >= 0.3 is 0 Å². The van der Waals surface area contributed by atoms with Crippen LogP contribution in [0.4, 0.5) is 5.69 Å². The molecule has 6 nitrogen and oxygen atoms in total. The van der Waals surface area contributed by atoms with Crippen LogP contribution in [0.5, 0.6) is 0 Å². The van der Waals surface area contributed by atoms with Crippen molar-refractivity contribution < 1.29 is 13.7 Å². The van der Waals surface area contributed by atoms with E-state index in [2.05, 4.69) is 0 Å². The molecule has 0 bridgehead atoms. The number of hydrogen-bond acceptors (Lipinski definition) is 4. The van der Waals surface area contributed by atoms with Crippen molar-refractivity contribution in [2.45, 2.75) is 25.4 Å². The molecule has 1 aliphatic rings. The summed E-state index contributed by atoms with van der Waals surface area (Å²) in [6, 6.07) is 6.21. The van der Waals surface area contributed by atoms with Crippen LogP contribution in [-0.2, 0) is 17.8 Å². The van der Waals surface area contributed by atoms with Crippen LogP contribution in [0.3, 0.4) is 0 Å². The highest BCUT2D eigenvalue weighted by molar-refractivity contribution is 7.76. The van der Waals surface area contributed by atoms with E-state index >= 15 is 0 Å². The minimum absolute atomic E-state index is 0.00754. The summed E-state index contributed by atoms with van der Waals surface area (Å²) in [6.45, 7) is 0.0674. The van der Waals surface area contributed by atoms with Crippen LogP contribution in [0.1, 0.15) is 18.4 Å². The molecule has 0 spiro atoms. The summed E-state index contributed by atoms with van der Waals surface area (Å²) in [5, 5.41) is 10.8. The summed E-state index contributed by atoms with van der Waals surface area (Å²) in [5.74, 6) is 0. The van der Waals surface area contributed by atoms with Crippen LogP contribution in [0.25, 0.3) is 0 Å². The van der Waals surface area contributed by atoms with Gasteiger partial charge in [0, 0.05) is 35.5 Å². The van der Waals surface area contributed by atoms with Gasteiger partial charge in [-0.25, -0.2) is 4.31 Å². The Kier molecular flexibility index (Phi) is 3.51. The van der Waals surface area contributed by atoms with Crippen molar-refractivity contribution in [1.29, 1.82) is 0 Å². The van der Waals surface area contributed by atoms with Crippen molar-refractivity contribution in [2.24, 2.45) is 0 Å². The number of nitro benzene ring substituents is 1. The summed E-state index contributed by atoms with van der Waals surface area (Å²) in [5.41, 5.74) is 0.386. The van der Waals surface area contributed by atoms with E-state index in [0.717, 1.165) is 12.8 Å². The van der Waals surface area contributed by atoms with Crippen molar-refractivity contribution in [2.75, 3.05) is 0 Å². The highest BCUT2D eigenvalue weighted by Gasteiger charge is 2.31. The first-order valence-corrected chi connectivity index (χ1v) is 6.21. The molecule has 1 aromatic carbocycles. The first-order chi connectivity index (χ1) is 8.09. The Labute approximate surface area is 101 Å². The maximum atomic E-state index is 11.0. The number of para-hydroxylation sites is 1. The van der Waals surface area contributed by atoms with E-state index in [-0.39, 0.29) is 18.3 Å². The van der Waals surface area contributed by atoms with Gasteiger partial charge in [-0.15, -0.1) is 0 Å². The van der Waals surface area contributed by atoms with Gasteiger partial charge in [-0.1, -0.05) is 18.2 Å². The fraction of sp³-hybridized carbons (Fsp3) is 0.400. The molecule has 92 valence electrons.